The summed E-state index contributed by atoms with van der Waals surface area (Å²) in [6, 6.07) is 8.31. The van der Waals surface area contributed by atoms with Crippen molar-refractivity contribution in [2.75, 3.05) is 33.4 Å². The van der Waals surface area contributed by atoms with Crippen molar-refractivity contribution in [2.24, 2.45) is 11.8 Å². The lowest BCUT2D eigenvalue weighted by molar-refractivity contribution is 0.0151. The van der Waals surface area contributed by atoms with E-state index >= 15 is 0 Å². The van der Waals surface area contributed by atoms with Crippen molar-refractivity contribution in [1.29, 1.82) is 0 Å². The van der Waals surface area contributed by atoms with Gasteiger partial charge in [0.15, 0.2) is 5.82 Å². The van der Waals surface area contributed by atoms with Crippen LogP contribution in [0.4, 0.5) is 0 Å². The number of piperidine rings is 1. The molecule has 0 aliphatic carbocycles. The number of carbonyl (C=O) groups excluding carboxylic acids is 1. The zero-order valence-corrected chi connectivity index (χ0v) is 21.8. The summed E-state index contributed by atoms with van der Waals surface area (Å²) >= 11 is 0. The average Bonchev–Trinajstić information content (AvgIpc) is 3.12. The summed E-state index contributed by atoms with van der Waals surface area (Å²) in [5.41, 5.74) is 2.02. The Labute approximate surface area is 200 Å². The highest BCUT2D eigenvalue weighted by molar-refractivity contribution is 5.95. The number of benzene rings is 1. The summed E-state index contributed by atoms with van der Waals surface area (Å²) in [7, 11) is 1.73. The van der Waals surface area contributed by atoms with Crippen LogP contribution in [-0.2, 0) is 11.3 Å². The highest BCUT2D eigenvalue weighted by atomic mass is 16.5. The van der Waals surface area contributed by atoms with Gasteiger partial charge in [-0.15, -0.1) is 0 Å². The lowest BCUT2D eigenvalue weighted by atomic mass is 9.90. The van der Waals surface area contributed by atoms with E-state index in [4.69, 9.17) is 9.72 Å². The van der Waals surface area contributed by atoms with E-state index in [1.807, 2.05) is 18.2 Å². The molecule has 184 valence electrons. The maximum atomic E-state index is 14.1. The van der Waals surface area contributed by atoms with Crippen molar-refractivity contribution >= 4 is 16.9 Å². The minimum atomic E-state index is 0.0691. The number of methoxy groups -OCH3 is 1. The minimum absolute atomic E-state index is 0.0691. The van der Waals surface area contributed by atoms with Crippen molar-refractivity contribution < 1.29 is 9.53 Å². The zero-order chi connectivity index (χ0) is 24.2. The number of aromatic nitrogens is 2. The number of fused-ring (bicyclic) bond motifs is 1. The van der Waals surface area contributed by atoms with E-state index < -0.39 is 0 Å². The van der Waals surface area contributed by atoms with Gasteiger partial charge in [-0.1, -0.05) is 32.9 Å². The SMILES string of the molecule is COCCCCn1c(C(=O)N(CC(C)C)[C@H]2C[C@@H](C)CN(C(C)(C)C)C2)nc2ccccc21. The molecule has 0 bridgehead atoms. The number of hydrogen-bond donors (Lipinski definition) is 0. The molecule has 2 aromatic rings. The van der Waals surface area contributed by atoms with Crippen molar-refractivity contribution in [3.8, 4) is 0 Å². The summed E-state index contributed by atoms with van der Waals surface area (Å²) in [6.07, 6.45) is 2.96. The number of ether oxygens (including phenoxy) is 1. The van der Waals surface area contributed by atoms with Crippen molar-refractivity contribution in [3.05, 3.63) is 30.1 Å². The molecule has 1 fully saturated rings. The van der Waals surface area contributed by atoms with Gasteiger partial charge < -0.3 is 14.2 Å². The normalized spacial score (nSPS) is 20.0. The molecule has 6 heteroatoms. The lowest BCUT2D eigenvalue weighted by Crippen LogP contribution is -2.57. The highest BCUT2D eigenvalue weighted by Crippen LogP contribution is 2.28. The predicted molar refractivity (Wildman–Crippen MR) is 136 cm³/mol. The summed E-state index contributed by atoms with van der Waals surface area (Å²) in [6.45, 7) is 17.8. The Bertz CT molecular complexity index is 914. The molecule has 0 spiro atoms. The second kappa shape index (κ2) is 11.0. The molecule has 2 atom stereocenters. The Morgan fingerprint density at radius 1 is 1.21 bits per heavy atom. The highest BCUT2D eigenvalue weighted by Gasteiger charge is 2.37. The van der Waals surface area contributed by atoms with Crippen molar-refractivity contribution in [3.63, 3.8) is 0 Å². The van der Waals surface area contributed by atoms with E-state index in [1.54, 1.807) is 7.11 Å². The maximum absolute atomic E-state index is 14.1. The standard InChI is InChI=1S/C27H44N4O2/c1-20(2)17-31(22-16-21(3)18-29(19-22)27(4,5)6)26(32)25-28-23-12-8-9-13-24(23)30(25)14-10-11-15-33-7/h8-9,12-13,20-22H,10-11,14-19H2,1-7H3/t21-,22+/m1/s1. The van der Waals surface area contributed by atoms with Crippen LogP contribution in [-0.4, -0.2) is 70.2 Å². The zero-order valence-electron chi connectivity index (χ0n) is 21.8. The van der Waals surface area contributed by atoms with Gasteiger partial charge in [-0.25, -0.2) is 4.98 Å². The first-order chi connectivity index (χ1) is 15.6. The van der Waals surface area contributed by atoms with Gasteiger partial charge in [-0.2, -0.15) is 0 Å². The first kappa shape index (κ1) is 25.7. The number of rotatable bonds is 9. The molecule has 2 heterocycles. The summed E-state index contributed by atoms with van der Waals surface area (Å²) in [5.74, 6) is 1.60. The van der Waals surface area contributed by atoms with E-state index in [9.17, 15) is 4.79 Å². The first-order valence-corrected chi connectivity index (χ1v) is 12.6. The van der Waals surface area contributed by atoms with Gasteiger partial charge in [0, 0.05) is 51.5 Å². The molecule has 1 aliphatic rings. The van der Waals surface area contributed by atoms with Crippen LogP contribution < -0.4 is 0 Å². The number of para-hydroxylation sites is 2. The van der Waals surface area contributed by atoms with Crippen LogP contribution in [0.2, 0.25) is 0 Å². The molecule has 0 saturated carbocycles. The quantitative estimate of drug-likeness (QED) is 0.494. The third-order valence-corrected chi connectivity index (χ3v) is 6.68. The van der Waals surface area contributed by atoms with Crippen LogP contribution in [0.5, 0.6) is 0 Å². The minimum Gasteiger partial charge on any atom is -0.385 e. The summed E-state index contributed by atoms with van der Waals surface area (Å²) in [4.78, 5) is 23.6. The third kappa shape index (κ3) is 6.36. The smallest absolute Gasteiger partial charge is 0.290 e. The fraction of sp³-hybridized carbons (Fsp3) is 0.704. The molecule has 0 unspecified atom stereocenters. The first-order valence-electron chi connectivity index (χ1n) is 12.6. The number of amides is 1. The molecule has 1 amide bonds. The number of aryl methyl sites for hydroxylation is 1. The second-order valence-electron chi connectivity index (χ2n) is 11.2. The number of likely N-dealkylation sites (tertiary alicyclic amines) is 1. The number of imidazole rings is 1. The van der Waals surface area contributed by atoms with Gasteiger partial charge in [-0.3, -0.25) is 9.69 Å². The molecule has 0 radical (unpaired) electrons. The molecule has 1 aromatic heterocycles. The van der Waals surface area contributed by atoms with E-state index in [1.165, 1.54) is 0 Å². The van der Waals surface area contributed by atoms with Gasteiger partial charge in [0.1, 0.15) is 0 Å². The molecule has 1 aliphatic heterocycles. The molecule has 1 saturated heterocycles. The fourth-order valence-corrected chi connectivity index (χ4v) is 4.99. The lowest BCUT2D eigenvalue weighted by Gasteiger charge is -2.47. The average molecular weight is 457 g/mol. The van der Waals surface area contributed by atoms with Gasteiger partial charge in [-0.05, 0) is 64.0 Å². The van der Waals surface area contributed by atoms with Gasteiger partial charge in [0.25, 0.3) is 5.91 Å². The van der Waals surface area contributed by atoms with E-state index in [2.05, 4.69) is 62.0 Å². The summed E-state index contributed by atoms with van der Waals surface area (Å²) in [5, 5.41) is 0. The van der Waals surface area contributed by atoms with E-state index in [0.29, 0.717) is 17.7 Å². The van der Waals surface area contributed by atoms with E-state index in [-0.39, 0.29) is 17.5 Å². The molecule has 6 nitrogen and oxygen atoms in total. The third-order valence-electron chi connectivity index (χ3n) is 6.68. The monoisotopic (exact) mass is 456 g/mol. The molecule has 33 heavy (non-hydrogen) atoms. The molecular weight excluding hydrogens is 412 g/mol. The van der Waals surface area contributed by atoms with Gasteiger partial charge in [0.05, 0.1) is 11.0 Å². The molecule has 0 N–H and O–H groups in total. The Kier molecular flexibility index (Phi) is 8.57. The fourth-order valence-electron chi connectivity index (χ4n) is 4.99. The van der Waals surface area contributed by atoms with Gasteiger partial charge >= 0.3 is 0 Å². The van der Waals surface area contributed by atoms with Crippen LogP contribution in [0.25, 0.3) is 11.0 Å². The van der Waals surface area contributed by atoms with Gasteiger partial charge in [0.2, 0.25) is 0 Å². The van der Waals surface area contributed by atoms with Crippen LogP contribution in [0.3, 0.4) is 0 Å². The number of unbranched alkanes of at least 4 members (excludes halogenated alkanes) is 1. The van der Waals surface area contributed by atoms with Crippen molar-refractivity contribution in [2.45, 2.75) is 78.9 Å². The van der Waals surface area contributed by atoms with Crippen LogP contribution in [0.1, 0.15) is 71.4 Å². The maximum Gasteiger partial charge on any atom is 0.290 e. The largest absolute Gasteiger partial charge is 0.385 e. The predicted octanol–water partition coefficient (Wildman–Crippen LogP) is 5.07. The Hall–Kier alpha value is -1.92. The van der Waals surface area contributed by atoms with E-state index in [0.717, 1.165) is 63.1 Å². The second-order valence-corrected chi connectivity index (χ2v) is 11.2. The van der Waals surface area contributed by atoms with Crippen LogP contribution in [0.15, 0.2) is 24.3 Å². The van der Waals surface area contributed by atoms with Crippen LogP contribution >= 0.6 is 0 Å². The van der Waals surface area contributed by atoms with Crippen molar-refractivity contribution in [1.82, 2.24) is 19.4 Å². The Balaban J connectivity index is 1.95. The summed E-state index contributed by atoms with van der Waals surface area (Å²) < 4.78 is 7.36. The Morgan fingerprint density at radius 3 is 2.61 bits per heavy atom. The molecule has 3 rings (SSSR count). The molecule has 1 aromatic carbocycles. The number of nitrogens with zero attached hydrogens (tertiary/aromatic N) is 4. The topological polar surface area (TPSA) is 50.6 Å². The Morgan fingerprint density at radius 2 is 1.94 bits per heavy atom. The van der Waals surface area contributed by atoms with Crippen LogP contribution in [0, 0.1) is 11.8 Å². The molecular formula is C27H44N4O2. The number of hydrogen-bond acceptors (Lipinski definition) is 4. The number of carbonyl (C=O) groups is 1.